The third-order valence-corrected chi connectivity index (χ3v) is 6.89. The second-order valence-corrected chi connectivity index (χ2v) is 11.3. The van der Waals surface area contributed by atoms with Crippen molar-refractivity contribution in [1.82, 2.24) is 24.9 Å². The number of aliphatic hydroxyl groups excluding tert-OH is 1. The van der Waals surface area contributed by atoms with Crippen LogP contribution in [0.1, 0.15) is 48.4 Å². The van der Waals surface area contributed by atoms with Gasteiger partial charge in [-0.15, -0.1) is 0 Å². The van der Waals surface area contributed by atoms with Crippen molar-refractivity contribution < 1.29 is 19.4 Å². The van der Waals surface area contributed by atoms with Crippen LogP contribution >= 0.6 is 11.6 Å². The van der Waals surface area contributed by atoms with Gasteiger partial charge in [0.2, 0.25) is 5.91 Å². The summed E-state index contributed by atoms with van der Waals surface area (Å²) in [6.45, 7) is 6.05. The Morgan fingerprint density at radius 3 is 2.48 bits per heavy atom. The topological polar surface area (TPSA) is 108 Å². The van der Waals surface area contributed by atoms with E-state index in [0.29, 0.717) is 28.4 Å². The van der Waals surface area contributed by atoms with E-state index in [1.165, 1.54) is 0 Å². The summed E-state index contributed by atoms with van der Waals surface area (Å²) in [6, 6.07) is 16.3. The Hall–Kier alpha value is -3.92. The maximum atomic E-state index is 13.2. The molecule has 2 aromatic carbocycles. The highest BCUT2D eigenvalue weighted by molar-refractivity contribution is 6.32. The molecule has 2 amide bonds. The first-order valence-corrected chi connectivity index (χ1v) is 14.3. The number of pyridine rings is 1. The molecule has 0 bridgehead atoms. The van der Waals surface area contributed by atoms with Crippen LogP contribution in [0.3, 0.4) is 0 Å². The van der Waals surface area contributed by atoms with Crippen molar-refractivity contribution in [2.45, 2.75) is 45.4 Å². The van der Waals surface area contributed by atoms with Crippen LogP contribution in [0.2, 0.25) is 5.02 Å². The number of rotatable bonds is 12. The minimum atomic E-state index is -0.626. The Kier molecular flexibility index (Phi) is 10.2. The summed E-state index contributed by atoms with van der Waals surface area (Å²) >= 11 is 6.36. The van der Waals surface area contributed by atoms with Crippen molar-refractivity contribution in [1.29, 1.82) is 0 Å². The zero-order valence-corrected chi connectivity index (χ0v) is 25.4. The van der Waals surface area contributed by atoms with E-state index < -0.39 is 6.10 Å². The molecule has 1 unspecified atom stereocenters. The van der Waals surface area contributed by atoms with Gasteiger partial charge >= 0.3 is 0 Å². The molecule has 0 saturated heterocycles. The van der Waals surface area contributed by atoms with Crippen LogP contribution in [-0.2, 0) is 11.2 Å². The van der Waals surface area contributed by atoms with E-state index in [0.717, 1.165) is 22.4 Å². The van der Waals surface area contributed by atoms with E-state index in [2.05, 4.69) is 10.6 Å². The molecule has 3 N–H and O–H groups in total. The monoisotopic (exact) mass is 591 g/mol. The lowest BCUT2D eigenvalue weighted by molar-refractivity contribution is -0.121. The van der Waals surface area contributed by atoms with Gasteiger partial charge in [0, 0.05) is 35.6 Å². The van der Waals surface area contributed by atoms with Gasteiger partial charge in [-0.1, -0.05) is 41.9 Å². The molecule has 9 nitrogen and oxygen atoms in total. The fourth-order valence-electron chi connectivity index (χ4n) is 4.61. The maximum Gasteiger partial charge on any atom is 0.251 e. The predicted octanol–water partition coefficient (Wildman–Crippen LogP) is 4.51. The van der Waals surface area contributed by atoms with E-state index in [-0.39, 0.29) is 37.0 Å². The van der Waals surface area contributed by atoms with Crippen LogP contribution in [0, 0.1) is 0 Å². The number of nitrogens with zero attached hydrogens (tertiary/aromatic N) is 3. The summed E-state index contributed by atoms with van der Waals surface area (Å²) in [7, 11) is 3.65. The Morgan fingerprint density at radius 1 is 1.10 bits per heavy atom. The highest BCUT2D eigenvalue weighted by Gasteiger charge is 2.18. The first-order valence-electron chi connectivity index (χ1n) is 13.9. The van der Waals surface area contributed by atoms with Crippen molar-refractivity contribution in [3.8, 4) is 17.0 Å². The van der Waals surface area contributed by atoms with E-state index >= 15 is 0 Å². The molecular formula is C32H38ClN5O4. The Balaban J connectivity index is 1.50. The van der Waals surface area contributed by atoms with E-state index in [1.807, 2.05) is 81.1 Å². The van der Waals surface area contributed by atoms with Crippen LogP contribution in [0.5, 0.6) is 5.75 Å². The number of hydrogen-bond donors (Lipinski definition) is 3. The highest BCUT2D eigenvalue weighted by atomic mass is 35.5. The minimum Gasteiger partial charge on any atom is -0.489 e. The number of halogens is 1. The van der Waals surface area contributed by atoms with Gasteiger partial charge in [-0.2, -0.15) is 0 Å². The number of fused-ring (bicyclic) bond motifs is 1. The fraction of sp³-hybridized carbons (Fsp3) is 0.344. The smallest absolute Gasteiger partial charge is 0.251 e. The molecule has 4 rings (SSSR count). The lowest BCUT2D eigenvalue weighted by atomic mass is 10.0. The van der Waals surface area contributed by atoms with Crippen LogP contribution in [0.15, 0.2) is 67.0 Å². The van der Waals surface area contributed by atoms with Crippen molar-refractivity contribution >= 4 is 29.1 Å². The normalized spacial score (nSPS) is 12.9. The molecule has 2 atom stereocenters. The molecule has 2 heterocycles. The zero-order chi connectivity index (χ0) is 30.4. The van der Waals surface area contributed by atoms with Gasteiger partial charge in [-0.25, -0.2) is 4.98 Å². The standard InChI is InChI=1S/C32H38ClN5O4/c1-20(2)42-29-13-12-24(16-27(29)33)32(41)35-25(17-34-30(40)19-37(4)5)15-22-8-10-23(11-9-22)28-18-38-14-6-7-26(21(3)39)31(38)36-28/h6-14,16,18,20-21,25,39H,15,17,19H2,1-5H3,(H,34,40)(H,35,41)/t21?,25-/m0/s1. The third kappa shape index (κ3) is 8.09. The molecule has 42 heavy (non-hydrogen) atoms. The van der Waals surface area contributed by atoms with Gasteiger partial charge in [-0.3, -0.25) is 9.59 Å². The summed E-state index contributed by atoms with van der Waals surface area (Å²) < 4.78 is 7.58. The molecule has 2 aromatic heterocycles. The average molecular weight is 592 g/mol. The van der Waals surface area contributed by atoms with Crippen LogP contribution < -0.4 is 15.4 Å². The second kappa shape index (κ2) is 13.8. The first-order chi connectivity index (χ1) is 20.0. The maximum absolute atomic E-state index is 13.2. The van der Waals surface area contributed by atoms with Crippen LogP contribution in [0.4, 0.5) is 0 Å². The Labute approximate surface area is 251 Å². The van der Waals surface area contributed by atoms with Gasteiger partial charge in [0.1, 0.15) is 11.4 Å². The highest BCUT2D eigenvalue weighted by Crippen LogP contribution is 2.27. The van der Waals surface area contributed by atoms with Gasteiger partial charge in [0.15, 0.2) is 0 Å². The summed E-state index contributed by atoms with van der Waals surface area (Å²) in [6.07, 6.45) is 3.66. The number of imidazole rings is 1. The van der Waals surface area contributed by atoms with Gasteiger partial charge in [0.25, 0.3) is 5.91 Å². The predicted molar refractivity (Wildman–Crippen MR) is 165 cm³/mol. The number of carbonyl (C=O) groups is 2. The number of aromatic nitrogens is 2. The minimum absolute atomic E-state index is 0.0434. The molecule has 222 valence electrons. The second-order valence-electron chi connectivity index (χ2n) is 10.9. The number of hydrogen-bond acceptors (Lipinski definition) is 6. The number of ether oxygens (including phenoxy) is 1. The summed E-state index contributed by atoms with van der Waals surface area (Å²) in [4.78, 5) is 32.1. The number of amides is 2. The number of carbonyl (C=O) groups excluding carboxylic acids is 2. The van der Waals surface area contributed by atoms with Crippen molar-refractivity contribution in [2.75, 3.05) is 27.2 Å². The van der Waals surface area contributed by atoms with Crippen molar-refractivity contribution in [2.24, 2.45) is 0 Å². The van der Waals surface area contributed by atoms with Crippen LogP contribution in [0.25, 0.3) is 16.9 Å². The summed E-state index contributed by atoms with van der Waals surface area (Å²) in [5.41, 5.74) is 4.58. The SMILES string of the molecule is CC(C)Oc1ccc(C(=O)N[C@H](CNC(=O)CN(C)C)Cc2ccc(-c3cn4cccc(C(C)O)c4n3)cc2)cc1Cl. The average Bonchev–Trinajstić information content (AvgIpc) is 3.37. The molecule has 0 aliphatic carbocycles. The number of likely N-dealkylation sites (N-methyl/N-ethyl adjacent to an activating group) is 1. The van der Waals surface area contributed by atoms with E-state index in [9.17, 15) is 14.7 Å². The third-order valence-electron chi connectivity index (χ3n) is 6.59. The van der Waals surface area contributed by atoms with Crippen LogP contribution in [-0.4, -0.2) is 70.5 Å². The lowest BCUT2D eigenvalue weighted by Crippen LogP contribution is -2.46. The van der Waals surface area contributed by atoms with Gasteiger partial charge in [0.05, 0.1) is 35.5 Å². The quantitative estimate of drug-likeness (QED) is 0.224. The zero-order valence-electron chi connectivity index (χ0n) is 24.6. The first kappa shape index (κ1) is 31.0. The van der Waals surface area contributed by atoms with E-state index in [1.54, 1.807) is 30.0 Å². The van der Waals surface area contributed by atoms with E-state index in [4.69, 9.17) is 21.3 Å². The van der Waals surface area contributed by atoms with Gasteiger partial charge < -0.3 is 29.8 Å². The molecule has 0 radical (unpaired) electrons. The molecule has 0 saturated carbocycles. The number of benzene rings is 2. The molecule has 0 fully saturated rings. The molecule has 4 aromatic rings. The fourth-order valence-corrected chi connectivity index (χ4v) is 4.84. The summed E-state index contributed by atoms with van der Waals surface area (Å²) in [5, 5.41) is 16.4. The number of nitrogens with one attached hydrogen (secondary N) is 2. The van der Waals surface area contributed by atoms with Crippen molar-refractivity contribution in [3.05, 3.63) is 88.7 Å². The Morgan fingerprint density at radius 2 is 1.83 bits per heavy atom. The molecule has 10 heteroatoms. The van der Waals surface area contributed by atoms with Gasteiger partial charge in [-0.05, 0) is 71.1 Å². The summed E-state index contributed by atoms with van der Waals surface area (Å²) in [5.74, 6) is 0.0924. The molecular weight excluding hydrogens is 554 g/mol. The molecule has 0 aliphatic heterocycles. The lowest BCUT2D eigenvalue weighted by Gasteiger charge is -2.21. The van der Waals surface area contributed by atoms with Crippen molar-refractivity contribution in [3.63, 3.8) is 0 Å². The molecule has 0 spiro atoms. The largest absolute Gasteiger partial charge is 0.489 e. The number of aliphatic hydroxyl groups is 1. The molecule has 0 aliphatic rings. The Bertz CT molecular complexity index is 1530.